The van der Waals surface area contributed by atoms with Gasteiger partial charge in [0, 0.05) is 11.9 Å². The summed E-state index contributed by atoms with van der Waals surface area (Å²) >= 11 is 0. The first-order valence-corrected chi connectivity index (χ1v) is 8.11. The first-order valence-electron chi connectivity index (χ1n) is 6.22. The van der Waals surface area contributed by atoms with E-state index in [9.17, 15) is 18.3 Å². The third kappa shape index (κ3) is 2.36. The number of aromatic carboxylic acids is 1. The summed E-state index contributed by atoms with van der Waals surface area (Å²) in [4.78, 5) is 15.6. The Balaban J connectivity index is 2.88. The lowest BCUT2D eigenvalue weighted by atomic mass is 9.98. The molecular formula is C13H17NO4S. The molecule has 1 N–H and O–H groups in total. The van der Waals surface area contributed by atoms with Crippen molar-refractivity contribution in [2.75, 3.05) is 6.26 Å². The van der Waals surface area contributed by atoms with E-state index in [-0.39, 0.29) is 16.5 Å². The van der Waals surface area contributed by atoms with Gasteiger partial charge in [-0.1, -0.05) is 13.8 Å². The fourth-order valence-electron chi connectivity index (χ4n) is 2.63. The van der Waals surface area contributed by atoms with E-state index in [4.69, 9.17) is 0 Å². The van der Waals surface area contributed by atoms with Gasteiger partial charge in [-0.3, -0.25) is 0 Å². The van der Waals surface area contributed by atoms with Gasteiger partial charge in [0.15, 0.2) is 14.9 Å². The first-order chi connectivity index (χ1) is 8.73. The van der Waals surface area contributed by atoms with Crippen LogP contribution in [0, 0.1) is 0 Å². The molecule has 5 nitrogen and oxygen atoms in total. The highest BCUT2D eigenvalue weighted by Crippen LogP contribution is 2.34. The zero-order valence-corrected chi connectivity index (χ0v) is 12.0. The Morgan fingerprint density at radius 3 is 2.32 bits per heavy atom. The van der Waals surface area contributed by atoms with Crippen molar-refractivity contribution >= 4 is 15.8 Å². The number of pyridine rings is 1. The summed E-state index contributed by atoms with van der Waals surface area (Å²) in [6.45, 7) is 3.88. The van der Waals surface area contributed by atoms with Gasteiger partial charge in [-0.15, -0.1) is 0 Å². The fourth-order valence-corrected chi connectivity index (χ4v) is 3.48. The molecule has 19 heavy (non-hydrogen) atoms. The van der Waals surface area contributed by atoms with Crippen molar-refractivity contribution in [2.24, 2.45) is 0 Å². The first kappa shape index (κ1) is 14.0. The molecule has 1 heterocycles. The molecule has 0 aromatic carbocycles. The number of carboxylic acids is 1. The smallest absolute Gasteiger partial charge is 0.338 e. The van der Waals surface area contributed by atoms with Gasteiger partial charge in [0.05, 0.1) is 0 Å². The highest BCUT2D eigenvalue weighted by atomic mass is 32.2. The third-order valence-electron chi connectivity index (χ3n) is 3.38. The van der Waals surface area contributed by atoms with Crippen LogP contribution in [-0.4, -0.2) is 30.7 Å². The summed E-state index contributed by atoms with van der Waals surface area (Å²) in [6, 6.07) is 0. The molecule has 0 bridgehead atoms. The molecule has 0 saturated carbocycles. The Kier molecular flexibility index (Phi) is 3.38. The van der Waals surface area contributed by atoms with Gasteiger partial charge < -0.3 is 5.11 Å². The van der Waals surface area contributed by atoms with Gasteiger partial charge in [-0.25, -0.2) is 18.2 Å². The summed E-state index contributed by atoms with van der Waals surface area (Å²) in [5.74, 6) is -1.13. The van der Waals surface area contributed by atoms with Crippen LogP contribution in [0.1, 0.15) is 53.4 Å². The lowest BCUT2D eigenvalue weighted by molar-refractivity contribution is 0.0690. The van der Waals surface area contributed by atoms with Gasteiger partial charge >= 0.3 is 5.97 Å². The zero-order chi connectivity index (χ0) is 14.4. The average Bonchev–Trinajstić information content (AvgIpc) is 2.72. The number of fused-ring (bicyclic) bond motifs is 1. The molecule has 104 valence electrons. The minimum Gasteiger partial charge on any atom is -0.478 e. The summed E-state index contributed by atoms with van der Waals surface area (Å²) in [5.41, 5.74) is 2.18. The zero-order valence-electron chi connectivity index (χ0n) is 11.2. The maximum atomic E-state index is 11.8. The number of hydrogen-bond donors (Lipinski definition) is 1. The van der Waals surface area contributed by atoms with Gasteiger partial charge in [0.1, 0.15) is 5.56 Å². The van der Waals surface area contributed by atoms with Crippen molar-refractivity contribution in [1.82, 2.24) is 4.98 Å². The van der Waals surface area contributed by atoms with Gasteiger partial charge in [-0.05, 0) is 36.3 Å². The second-order valence-corrected chi connectivity index (χ2v) is 7.15. The van der Waals surface area contributed by atoms with Crippen LogP contribution in [0.3, 0.4) is 0 Å². The molecule has 6 heteroatoms. The van der Waals surface area contributed by atoms with Crippen molar-refractivity contribution in [3.8, 4) is 0 Å². The summed E-state index contributed by atoms with van der Waals surface area (Å²) < 4.78 is 23.6. The molecule has 0 atom stereocenters. The molecule has 1 aromatic heterocycles. The number of rotatable bonds is 3. The quantitative estimate of drug-likeness (QED) is 0.914. The minimum atomic E-state index is -3.65. The summed E-state index contributed by atoms with van der Waals surface area (Å²) in [7, 11) is -3.65. The molecule has 1 aliphatic rings. The highest BCUT2D eigenvalue weighted by Gasteiger charge is 2.31. The van der Waals surface area contributed by atoms with Crippen molar-refractivity contribution in [3.05, 3.63) is 22.4 Å². The molecule has 0 saturated heterocycles. The van der Waals surface area contributed by atoms with E-state index in [2.05, 4.69) is 4.98 Å². The van der Waals surface area contributed by atoms with E-state index < -0.39 is 15.8 Å². The maximum absolute atomic E-state index is 11.8. The van der Waals surface area contributed by atoms with Crippen LogP contribution in [-0.2, 0) is 22.7 Å². The molecule has 1 aliphatic carbocycles. The van der Waals surface area contributed by atoms with E-state index in [0.717, 1.165) is 30.4 Å². The predicted molar refractivity (Wildman–Crippen MR) is 70.4 cm³/mol. The molecule has 0 amide bonds. The third-order valence-corrected chi connectivity index (χ3v) is 4.37. The monoisotopic (exact) mass is 283 g/mol. The maximum Gasteiger partial charge on any atom is 0.338 e. The van der Waals surface area contributed by atoms with Gasteiger partial charge in [-0.2, -0.15) is 0 Å². The summed E-state index contributed by atoms with van der Waals surface area (Å²) in [6.07, 6.45) is 3.25. The Labute approximate surface area is 112 Å². The number of carboxylic acid groups (broad SMARTS) is 1. The second kappa shape index (κ2) is 4.59. The molecule has 0 fully saturated rings. The number of carbonyl (C=O) groups is 1. The Morgan fingerprint density at radius 1 is 1.26 bits per heavy atom. The number of nitrogens with zero attached hydrogens (tertiary/aromatic N) is 1. The van der Waals surface area contributed by atoms with Crippen LogP contribution < -0.4 is 0 Å². The standard InChI is InChI=1S/C13H17NO4S/c1-7(2)11-9-6-4-5-8(9)10(13(15)16)12(14-11)19(3,17)18/h7H,4-6H2,1-3H3,(H,15,16). The SMILES string of the molecule is CC(C)c1nc(S(C)(=O)=O)c(C(=O)O)c2c1CCC2. The van der Waals surface area contributed by atoms with Crippen LogP contribution in [0.5, 0.6) is 0 Å². The van der Waals surface area contributed by atoms with Crippen LogP contribution in [0.2, 0.25) is 0 Å². The molecular weight excluding hydrogens is 266 g/mol. The second-order valence-electron chi connectivity index (χ2n) is 5.22. The van der Waals surface area contributed by atoms with Crippen molar-refractivity contribution in [3.63, 3.8) is 0 Å². The molecule has 0 aliphatic heterocycles. The number of aromatic nitrogens is 1. The van der Waals surface area contributed by atoms with E-state index >= 15 is 0 Å². The van der Waals surface area contributed by atoms with E-state index in [1.54, 1.807) is 0 Å². The number of hydrogen-bond acceptors (Lipinski definition) is 4. The van der Waals surface area contributed by atoms with Crippen molar-refractivity contribution in [1.29, 1.82) is 0 Å². The number of sulfone groups is 1. The lowest BCUT2D eigenvalue weighted by Crippen LogP contribution is -2.16. The van der Waals surface area contributed by atoms with E-state index in [0.29, 0.717) is 12.0 Å². The van der Waals surface area contributed by atoms with Crippen LogP contribution in [0.15, 0.2) is 5.03 Å². The van der Waals surface area contributed by atoms with Gasteiger partial charge in [0.25, 0.3) is 0 Å². The Hall–Kier alpha value is -1.43. The molecule has 1 aromatic rings. The minimum absolute atomic E-state index is 0.0789. The molecule has 0 unspecified atom stereocenters. The largest absolute Gasteiger partial charge is 0.478 e. The van der Waals surface area contributed by atoms with E-state index in [1.807, 2.05) is 13.8 Å². The van der Waals surface area contributed by atoms with Crippen LogP contribution >= 0.6 is 0 Å². The molecule has 2 rings (SSSR count). The average molecular weight is 283 g/mol. The van der Waals surface area contributed by atoms with Crippen LogP contribution in [0.4, 0.5) is 0 Å². The summed E-state index contributed by atoms with van der Waals surface area (Å²) in [5, 5.41) is 9.03. The van der Waals surface area contributed by atoms with Crippen molar-refractivity contribution < 1.29 is 18.3 Å². The topological polar surface area (TPSA) is 84.3 Å². The normalized spacial score (nSPS) is 14.7. The van der Waals surface area contributed by atoms with Gasteiger partial charge in [0.2, 0.25) is 0 Å². The molecule has 0 spiro atoms. The predicted octanol–water partition coefficient (Wildman–Crippen LogP) is 1.80. The fraction of sp³-hybridized carbons (Fsp3) is 0.538. The highest BCUT2D eigenvalue weighted by molar-refractivity contribution is 7.90. The van der Waals surface area contributed by atoms with Crippen LogP contribution in [0.25, 0.3) is 0 Å². The van der Waals surface area contributed by atoms with E-state index in [1.165, 1.54) is 0 Å². The van der Waals surface area contributed by atoms with Crippen molar-refractivity contribution in [2.45, 2.75) is 44.1 Å². The Bertz CT molecular complexity index is 647. The lowest BCUT2D eigenvalue weighted by Gasteiger charge is -2.16. The Morgan fingerprint density at radius 2 is 1.84 bits per heavy atom. The molecule has 0 radical (unpaired) electrons.